The summed E-state index contributed by atoms with van der Waals surface area (Å²) in [6.07, 6.45) is 1.76. The van der Waals surface area contributed by atoms with Crippen molar-refractivity contribution in [3.63, 3.8) is 0 Å². The standard InChI is InChI=1S/C15H18FN3O3S/c16-9-6-11(13-12(7-9)18-15(23)19-13)14(20)17-3-1-4-22-10-2-5-21-8-10/h6-7,10H,1-5,8H2,(H,17,20)(H2,18,19,23)/t10-/m0/s1. The largest absolute Gasteiger partial charge is 0.379 e. The molecule has 1 aliphatic rings. The Morgan fingerprint density at radius 3 is 3.13 bits per heavy atom. The Kier molecular flexibility index (Phi) is 5.04. The van der Waals surface area contributed by atoms with Crippen LogP contribution < -0.4 is 5.32 Å². The lowest BCUT2D eigenvalue weighted by molar-refractivity contribution is 0.0415. The smallest absolute Gasteiger partial charge is 0.253 e. The van der Waals surface area contributed by atoms with E-state index in [0.717, 1.165) is 13.0 Å². The zero-order valence-electron chi connectivity index (χ0n) is 12.5. The summed E-state index contributed by atoms with van der Waals surface area (Å²) >= 11 is 4.98. The molecular formula is C15H18FN3O3S. The Balaban J connectivity index is 1.54. The second kappa shape index (κ2) is 7.20. The zero-order valence-corrected chi connectivity index (χ0v) is 13.3. The average molecular weight is 339 g/mol. The second-order valence-electron chi connectivity index (χ2n) is 5.42. The lowest BCUT2D eigenvalue weighted by atomic mass is 10.1. The molecule has 0 bridgehead atoms. The van der Waals surface area contributed by atoms with Crippen molar-refractivity contribution in [2.75, 3.05) is 26.4 Å². The van der Waals surface area contributed by atoms with Crippen LogP contribution in [0, 0.1) is 10.6 Å². The minimum atomic E-state index is -0.488. The molecule has 6 nitrogen and oxygen atoms in total. The monoisotopic (exact) mass is 339 g/mol. The lowest BCUT2D eigenvalue weighted by Crippen LogP contribution is -2.26. The molecule has 1 atom stereocenters. The van der Waals surface area contributed by atoms with Crippen molar-refractivity contribution >= 4 is 29.2 Å². The lowest BCUT2D eigenvalue weighted by Gasteiger charge is -2.10. The fourth-order valence-corrected chi connectivity index (χ4v) is 2.76. The molecule has 1 amide bonds. The maximum Gasteiger partial charge on any atom is 0.253 e. The van der Waals surface area contributed by atoms with Gasteiger partial charge in [0, 0.05) is 19.8 Å². The van der Waals surface area contributed by atoms with E-state index in [-0.39, 0.29) is 17.6 Å². The van der Waals surface area contributed by atoms with Gasteiger partial charge in [0.25, 0.3) is 5.91 Å². The summed E-state index contributed by atoms with van der Waals surface area (Å²) in [6.45, 7) is 2.39. The van der Waals surface area contributed by atoms with Gasteiger partial charge in [0.05, 0.1) is 29.3 Å². The number of imidazole rings is 1. The van der Waals surface area contributed by atoms with Crippen LogP contribution in [-0.2, 0) is 9.47 Å². The van der Waals surface area contributed by atoms with Gasteiger partial charge in [-0.2, -0.15) is 0 Å². The van der Waals surface area contributed by atoms with Crippen molar-refractivity contribution in [2.45, 2.75) is 18.9 Å². The van der Waals surface area contributed by atoms with Crippen LogP contribution in [0.25, 0.3) is 11.0 Å². The van der Waals surface area contributed by atoms with Gasteiger partial charge in [-0.3, -0.25) is 4.79 Å². The first kappa shape index (κ1) is 16.1. The van der Waals surface area contributed by atoms with Crippen molar-refractivity contribution in [2.24, 2.45) is 0 Å². The van der Waals surface area contributed by atoms with Crippen molar-refractivity contribution in [3.8, 4) is 0 Å². The van der Waals surface area contributed by atoms with E-state index in [4.69, 9.17) is 21.7 Å². The van der Waals surface area contributed by atoms with Crippen LogP contribution in [0.4, 0.5) is 4.39 Å². The van der Waals surface area contributed by atoms with Crippen LogP contribution in [0.2, 0.25) is 0 Å². The van der Waals surface area contributed by atoms with E-state index in [1.807, 2.05) is 0 Å². The molecule has 1 fully saturated rings. The van der Waals surface area contributed by atoms with Crippen LogP contribution in [0.3, 0.4) is 0 Å². The molecule has 3 rings (SSSR count). The molecule has 0 radical (unpaired) electrons. The molecule has 3 N–H and O–H groups in total. The van der Waals surface area contributed by atoms with E-state index in [1.54, 1.807) is 0 Å². The Morgan fingerprint density at radius 2 is 2.35 bits per heavy atom. The summed E-state index contributed by atoms with van der Waals surface area (Å²) in [6, 6.07) is 2.50. The molecule has 1 aliphatic heterocycles. The maximum atomic E-state index is 13.6. The Morgan fingerprint density at radius 1 is 1.48 bits per heavy atom. The van der Waals surface area contributed by atoms with E-state index in [9.17, 15) is 9.18 Å². The predicted molar refractivity (Wildman–Crippen MR) is 85.6 cm³/mol. The van der Waals surface area contributed by atoms with Gasteiger partial charge in [-0.05, 0) is 37.2 Å². The third-order valence-corrected chi connectivity index (χ3v) is 3.89. The summed E-state index contributed by atoms with van der Waals surface area (Å²) in [7, 11) is 0. The molecule has 2 aromatic rings. The molecule has 1 aromatic heterocycles. The molecule has 2 heterocycles. The number of hydrogen-bond donors (Lipinski definition) is 3. The Bertz CT molecular complexity index is 752. The highest BCUT2D eigenvalue weighted by Gasteiger charge is 2.16. The number of nitrogens with one attached hydrogen (secondary N) is 3. The number of aromatic amines is 2. The number of ether oxygens (including phenoxy) is 2. The molecule has 124 valence electrons. The Labute approximate surface area is 137 Å². The summed E-state index contributed by atoms with van der Waals surface area (Å²) in [5, 5.41) is 2.77. The Hall–Kier alpha value is -1.77. The number of rotatable bonds is 6. The van der Waals surface area contributed by atoms with E-state index >= 15 is 0 Å². The second-order valence-corrected chi connectivity index (χ2v) is 5.83. The molecule has 0 spiro atoms. The van der Waals surface area contributed by atoms with Gasteiger partial charge in [0.2, 0.25) is 0 Å². The number of hydrogen-bond acceptors (Lipinski definition) is 4. The number of halogens is 1. The minimum absolute atomic E-state index is 0.161. The average Bonchev–Trinajstić information content (AvgIpc) is 3.14. The number of benzene rings is 1. The SMILES string of the molecule is O=C(NCCCO[C@H]1CCOC1)c1cc(F)cc2[nH]c(=S)[nH]c12. The number of carbonyl (C=O) groups excluding carboxylic acids is 1. The number of aromatic nitrogens is 2. The normalized spacial score (nSPS) is 17.7. The first-order chi connectivity index (χ1) is 11.1. The van der Waals surface area contributed by atoms with Crippen molar-refractivity contribution < 1.29 is 18.7 Å². The fraction of sp³-hybridized carbons (Fsp3) is 0.467. The third kappa shape index (κ3) is 3.95. The molecule has 1 saturated heterocycles. The highest BCUT2D eigenvalue weighted by atomic mass is 32.1. The summed E-state index contributed by atoms with van der Waals surface area (Å²) in [5.74, 6) is -0.832. The van der Waals surface area contributed by atoms with E-state index in [1.165, 1.54) is 12.1 Å². The highest BCUT2D eigenvalue weighted by molar-refractivity contribution is 7.71. The van der Waals surface area contributed by atoms with Crippen LogP contribution in [0.1, 0.15) is 23.2 Å². The summed E-state index contributed by atoms with van der Waals surface area (Å²) in [5.41, 5.74) is 1.22. The topological polar surface area (TPSA) is 79.1 Å². The van der Waals surface area contributed by atoms with Crippen molar-refractivity contribution in [3.05, 3.63) is 28.3 Å². The molecule has 0 saturated carbocycles. The van der Waals surface area contributed by atoms with Gasteiger partial charge in [-0.25, -0.2) is 4.39 Å². The van der Waals surface area contributed by atoms with Crippen LogP contribution in [-0.4, -0.2) is 48.3 Å². The van der Waals surface area contributed by atoms with Gasteiger partial charge in [-0.15, -0.1) is 0 Å². The van der Waals surface area contributed by atoms with Gasteiger partial charge in [-0.1, -0.05) is 0 Å². The van der Waals surface area contributed by atoms with Crippen molar-refractivity contribution in [1.29, 1.82) is 0 Å². The quantitative estimate of drug-likeness (QED) is 0.557. The van der Waals surface area contributed by atoms with Crippen molar-refractivity contribution in [1.82, 2.24) is 15.3 Å². The van der Waals surface area contributed by atoms with Crippen LogP contribution in [0.5, 0.6) is 0 Å². The minimum Gasteiger partial charge on any atom is -0.379 e. The molecule has 0 aliphatic carbocycles. The highest BCUT2D eigenvalue weighted by Crippen LogP contribution is 2.17. The van der Waals surface area contributed by atoms with Gasteiger partial charge in [0.15, 0.2) is 4.77 Å². The number of H-pyrrole nitrogens is 2. The zero-order chi connectivity index (χ0) is 16.2. The molecule has 1 aromatic carbocycles. The number of amides is 1. The maximum absolute atomic E-state index is 13.6. The van der Waals surface area contributed by atoms with E-state index < -0.39 is 5.82 Å². The molecule has 8 heteroatoms. The molecule has 0 unspecified atom stereocenters. The molecular weight excluding hydrogens is 321 g/mol. The van der Waals surface area contributed by atoms with Gasteiger partial charge < -0.3 is 24.8 Å². The predicted octanol–water partition coefficient (Wildman–Crippen LogP) is 2.29. The number of fused-ring (bicyclic) bond motifs is 1. The van der Waals surface area contributed by atoms with Crippen LogP contribution >= 0.6 is 12.2 Å². The fourth-order valence-electron chi connectivity index (χ4n) is 2.55. The van der Waals surface area contributed by atoms with Gasteiger partial charge >= 0.3 is 0 Å². The van der Waals surface area contributed by atoms with Gasteiger partial charge in [0.1, 0.15) is 5.82 Å². The number of carbonyl (C=O) groups is 1. The first-order valence-corrected chi connectivity index (χ1v) is 7.93. The molecule has 23 heavy (non-hydrogen) atoms. The summed E-state index contributed by atoms with van der Waals surface area (Å²) < 4.78 is 24.8. The first-order valence-electron chi connectivity index (χ1n) is 7.52. The van der Waals surface area contributed by atoms with Crippen LogP contribution in [0.15, 0.2) is 12.1 Å². The van der Waals surface area contributed by atoms with E-state index in [2.05, 4.69) is 15.3 Å². The summed E-state index contributed by atoms with van der Waals surface area (Å²) in [4.78, 5) is 17.9. The third-order valence-electron chi connectivity index (χ3n) is 3.68. The van der Waals surface area contributed by atoms with E-state index in [0.29, 0.717) is 42.0 Å².